The van der Waals surface area contributed by atoms with Crippen LogP contribution in [0.4, 0.5) is 8.78 Å². The van der Waals surface area contributed by atoms with Gasteiger partial charge in [-0.05, 0) is 26.3 Å². The first kappa shape index (κ1) is 15.9. The van der Waals surface area contributed by atoms with Crippen LogP contribution in [-0.4, -0.2) is 32.9 Å². The molecule has 5 heteroatoms. The fraction of sp³-hybridized carbons (Fsp3) is 0.571. The molecule has 0 aromatic heterocycles. The summed E-state index contributed by atoms with van der Waals surface area (Å²) in [5.74, 6) is -1.03. The second-order valence-corrected chi connectivity index (χ2v) is 4.11. The van der Waals surface area contributed by atoms with Gasteiger partial charge in [0, 0.05) is 38.0 Å². The summed E-state index contributed by atoms with van der Waals surface area (Å²) in [6, 6.07) is 3.17. The van der Waals surface area contributed by atoms with Gasteiger partial charge >= 0.3 is 0 Å². The Morgan fingerprint density at radius 1 is 1.00 bits per heavy atom. The third kappa shape index (κ3) is 7.74. The number of hydrogen-bond donors (Lipinski definition) is 1. The van der Waals surface area contributed by atoms with E-state index in [-0.39, 0.29) is 5.75 Å². The van der Waals surface area contributed by atoms with Crippen molar-refractivity contribution >= 4 is 0 Å². The maximum Gasteiger partial charge on any atom is 0.129 e. The highest BCUT2D eigenvalue weighted by Crippen LogP contribution is 2.14. The molecule has 0 aliphatic carbocycles. The van der Waals surface area contributed by atoms with Crippen LogP contribution in [0.5, 0.6) is 5.75 Å². The second-order valence-electron chi connectivity index (χ2n) is 4.11. The summed E-state index contributed by atoms with van der Waals surface area (Å²) in [4.78, 5) is 0. The van der Waals surface area contributed by atoms with Gasteiger partial charge in [0.2, 0.25) is 0 Å². The first-order valence-electron chi connectivity index (χ1n) is 6.59. The van der Waals surface area contributed by atoms with Gasteiger partial charge in [0.1, 0.15) is 24.0 Å². The summed E-state index contributed by atoms with van der Waals surface area (Å²) in [5, 5.41) is 3.19. The van der Waals surface area contributed by atoms with Crippen molar-refractivity contribution in [1.82, 2.24) is 5.32 Å². The summed E-state index contributed by atoms with van der Waals surface area (Å²) in [5.41, 5.74) is 0. The molecule has 0 radical (unpaired) electrons. The number of nitrogens with one attached hydrogen (secondary N) is 1. The normalized spacial score (nSPS) is 10.7. The van der Waals surface area contributed by atoms with Crippen LogP contribution in [-0.2, 0) is 4.74 Å². The highest BCUT2D eigenvalue weighted by molar-refractivity contribution is 5.23. The largest absolute Gasteiger partial charge is 0.492 e. The Hall–Kier alpha value is -1.20. The third-order valence-electron chi connectivity index (χ3n) is 2.48. The van der Waals surface area contributed by atoms with Gasteiger partial charge in [-0.25, -0.2) is 8.78 Å². The van der Waals surface area contributed by atoms with E-state index in [1.165, 1.54) is 12.1 Å². The fourth-order valence-corrected chi connectivity index (χ4v) is 1.58. The van der Waals surface area contributed by atoms with Crippen molar-refractivity contribution in [2.24, 2.45) is 0 Å². The molecule has 0 aliphatic rings. The molecule has 1 rings (SSSR count). The van der Waals surface area contributed by atoms with Crippen molar-refractivity contribution in [1.29, 1.82) is 0 Å². The van der Waals surface area contributed by atoms with Crippen LogP contribution < -0.4 is 10.1 Å². The molecule has 0 spiro atoms. The monoisotopic (exact) mass is 273 g/mol. The molecular formula is C14H21F2NO2. The molecule has 0 bridgehead atoms. The number of benzene rings is 1. The van der Waals surface area contributed by atoms with Gasteiger partial charge in [-0.15, -0.1) is 0 Å². The fourth-order valence-electron chi connectivity index (χ4n) is 1.58. The van der Waals surface area contributed by atoms with Crippen LogP contribution >= 0.6 is 0 Å². The van der Waals surface area contributed by atoms with Gasteiger partial charge in [-0.1, -0.05) is 0 Å². The number of unbranched alkanes of at least 4 members (excludes halogenated alkanes) is 1. The standard InChI is InChI=1S/C14H21F2NO2/c1-2-18-7-4-3-5-17-6-8-19-14-10-12(15)9-13(16)11-14/h9-11,17H,2-8H2,1H3. The van der Waals surface area contributed by atoms with E-state index < -0.39 is 11.6 Å². The quantitative estimate of drug-likeness (QED) is 0.665. The van der Waals surface area contributed by atoms with Crippen LogP contribution in [0.25, 0.3) is 0 Å². The molecule has 0 fully saturated rings. The summed E-state index contributed by atoms with van der Waals surface area (Å²) in [7, 11) is 0. The predicted octanol–water partition coefficient (Wildman–Crippen LogP) is 2.75. The average Bonchev–Trinajstić information content (AvgIpc) is 2.36. The van der Waals surface area contributed by atoms with Crippen LogP contribution in [0.1, 0.15) is 19.8 Å². The second kappa shape index (κ2) is 9.69. The molecule has 3 nitrogen and oxygen atoms in total. The molecule has 1 aromatic carbocycles. The van der Waals surface area contributed by atoms with Crippen LogP contribution in [0.2, 0.25) is 0 Å². The van der Waals surface area contributed by atoms with Gasteiger partial charge in [-0.3, -0.25) is 0 Å². The Bertz CT molecular complexity index is 341. The van der Waals surface area contributed by atoms with Gasteiger partial charge < -0.3 is 14.8 Å². The minimum atomic E-state index is -0.626. The molecule has 1 aromatic rings. The molecule has 19 heavy (non-hydrogen) atoms. The van der Waals surface area contributed by atoms with Crippen LogP contribution in [0, 0.1) is 11.6 Å². The number of ether oxygens (including phenoxy) is 2. The zero-order valence-corrected chi connectivity index (χ0v) is 11.3. The van der Waals surface area contributed by atoms with Gasteiger partial charge in [0.05, 0.1) is 0 Å². The van der Waals surface area contributed by atoms with Gasteiger partial charge in [0.25, 0.3) is 0 Å². The number of halogens is 2. The van der Waals surface area contributed by atoms with E-state index in [9.17, 15) is 8.78 Å². The van der Waals surface area contributed by atoms with Crippen LogP contribution in [0.3, 0.4) is 0 Å². The maximum absolute atomic E-state index is 12.9. The van der Waals surface area contributed by atoms with E-state index in [0.29, 0.717) is 13.2 Å². The lowest BCUT2D eigenvalue weighted by Crippen LogP contribution is -2.22. The van der Waals surface area contributed by atoms with Gasteiger partial charge in [-0.2, -0.15) is 0 Å². The lowest BCUT2D eigenvalue weighted by atomic mass is 10.3. The molecule has 0 aliphatic heterocycles. The zero-order valence-electron chi connectivity index (χ0n) is 11.3. The van der Waals surface area contributed by atoms with Crippen molar-refractivity contribution in [3.05, 3.63) is 29.8 Å². The van der Waals surface area contributed by atoms with E-state index in [4.69, 9.17) is 9.47 Å². The Balaban J connectivity index is 2.01. The molecule has 0 atom stereocenters. The number of rotatable bonds is 10. The predicted molar refractivity (Wildman–Crippen MR) is 70.4 cm³/mol. The molecule has 0 unspecified atom stereocenters. The third-order valence-corrected chi connectivity index (χ3v) is 2.48. The molecule has 0 amide bonds. The molecular weight excluding hydrogens is 252 g/mol. The summed E-state index contributed by atoms with van der Waals surface area (Å²) in [6.07, 6.45) is 2.06. The Morgan fingerprint density at radius 3 is 2.42 bits per heavy atom. The SMILES string of the molecule is CCOCCCCNCCOc1cc(F)cc(F)c1. The van der Waals surface area contributed by atoms with Gasteiger partial charge in [0.15, 0.2) is 0 Å². The van der Waals surface area contributed by atoms with Crippen molar-refractivity contribution < 1.29 is 18.3 Å². The van der Waals surface area contributed by atoms with Crippen molar-refractivity contribution in [2.45, 2.75) is 19.8 Å². The molecule has 0 saturated carbocycles. The first-order valence-corrected chi connectivity index (χ1v) is 6.59. The highest BCUT2D eigenvalue weighted by atomic mass is 19.1. The summed E-state index contributed by atoms with van der Waals surface area (Å²) < 4.78 is 36.2. The van der Waals surface area contributed by atoms with E-state index in [1.807, 2.05) is 6.92 Å². The Kier molecular flexibility index (Phi) is 8.09. The van der Waals surface area contributed by atoms with Crippen molar-refractivity contribution in [3.63, 3.8) is 0 Å². The number of hydrogen-bond acceptors (Lipinski definition) is 3. The highest BCUT2D eigenvalue weighted by Gasteiger charge is 2.00. The molecule has 0 heterocycles. The van der Waals surface area contributed by atoms with Crippen molar-refractivity contribution in [2.75, 3.05) is 32.9 Å². The lowest BCUT2D eigenvalue weighted by Gasteiger charge is -2.08. The summed E-state index contributed by atoms with van der Waals surface area (Å²) >= 11 is 0. The van der Waals surface area contributed by atoms with E-state index in [1.54, 1.807) is 0 Å². The summed E-state index contributed by atoms with van der Waals surface area (Å²) in [6.45, 7) is 5.43. The first-order chi connectivity index (χ1) is 9.22. The van der Waals surface area contributed by atoms with E-state index in [2.05, 4.69) is 5.32 Å². The molecule has 0 saturated heterocycles. The van der Waals surface area contributed by atoms with E-state index in [0.717, 1.165) is 38.7 Å². The minimum Gasteiger partial charge on any atom is -0.492 e. The lowest BCUT2D eigenvalue weighted by molar-refractivity contribution is 0.143. The Morgan fingerprint density at radius 2 is 1.74 bits per heavy atom. The van der Waals surface area contributed by atoms with E-state index >= 15 is 0 Å². The molecule has 108 valence electrons. The average molecular weight is 273 g/mol. The topological polar surface area (TPSA) is 30.5 Å². The van der Waals surface area contributed by atoms with Crippen molar-refractivity contribution in [3.8, 4) is 5.75 Å². The molecule has 1 N–H and O–H groups in total. The maximum atomic E-state index is 12.9. The minimum absolute atomic E-state index is 0.218. The smallest absolute Gasteiger partial charge is 0.129 e. The zero-order chi connectivity index (χ0) is 13.9. The van der Waals surface area contributed by atoms with Crippen LogP contribution in [0.15, 0.2) is 18.2 Å². The Labute approximate surface area is 112 Å².